The molecule has 1 unspecified atom stereocenters. The van der Waals surface area contributed by atoms with Crippen LogP contribution in [0.25, 0.3) is 5.57 Å². The van der Waals surface area contributed by atoms with E-state index in [-0.39, 0.29) is 5.91 Å². The summed E-state index contributed by atoms with van der Waals surface area (Å²) in [7, 11) is 1.56. The van der Waals surface area contributed by atoms with Gasteiger partial charge in [0.25, 0.3) is 5.91 Å². The Morgan fingerprint density at radius 1 is 1.38 bits per heavy atom. The molecule has 1 aromatic carbocycles. The van der Waals surface area contributed by atoms with Crippen LogP contribution in [0.5, 0.6) is 5.75 Å². The summed E-state index contributed by atoms with van der Waals surface area (Å²) in [5, 5.41) is 12.5. The van der Waals surface area contributed by atoms with E-state index in [1.165, 1.54) is 6.08 Å². The number of fused-ring (bicyclic) bond motifs is 1. The fourth-order valence-corrected chi connectivity index (χ4v) is 2.97. The van der Waals surface area contributed by atoms with Crippen molar-refractivity contribution in [2.45, 2.75) is 19.3 Å². The smallest absolute Gasteiger partial charge is 0.317 e. The van der Waals surface area contributed by atoms with Crippen molar-refractivity contribution < 1.29 is 19.4 Å². The lowest BCUT2D eigenvalue weighted by Gasteiger charge is -2.20. The van der Waals surface area contributed by atoms with Crippen LogP contribution in [0.3, 0.4) is 0 Å². The fraction of sp³-hybridized carbons (Fsp3) is 0.222. The van der Waals surface area contributed by atoms with Gasteiger partial charge in [0.15, 0.2) is 0 Å². The predicted molar refractivity (Wildman–Crippen MR) is 90.1 cm³/mol. The van der Waals surface area contributed by atoms with Crippen LogP contribution in [0.15, 0.2) is 36.7 Å². The number of aliphatic carboxylic acids is 1. The highest BCUT2D eigenvalue weighted by Gasteiger charge is 2.37. The van der Waals surface area contributed by atoms with Crippen LogP contribution in [0.4, 0.5) is 5.69 Å². The Morgan fingerprint density at radius 2 is 2.12 bits per heavy atom. The number of hydrogen-bond acceptors (Lipinski definition) is 3. The van der Waals surface area contributed by atoms with E-state index < -0.39 is 11.4 Å². The Bertz CT molecular complexity index is 852. The van der Waals surface area contributed by atoms with Gasteiger partial charge in [-0.1, -0.05) is 0 Å². The van der Waals surface area contributed by atoms with E-state index in [0.29, 0.717) is 28.1 Å². The minimum absolute atomic E-state index is 0.315. The number of H-pyrrole nitrogens is 1. The van der Waals surface area contributed by atoms with Crippen molar-refractivity contribution in [1.82, 2.24) is 4.98 Å². The number of amides is 1. The van der Waals surface area contributed by atoms with Crippen molar-refractivity contribution in [1.29, 1.82) is 0 Å². The topological polar surface area (TPSA) is 91.4 Å². The summed E-state index contributed by atoms with van der Waals surface area (Å²) in [6.45, 7) is 3.44. The maximum absolute atomic E-state index is 12.4. The minimum atomic E-state index is -1.32. The van der Waals surface area contributed by atoms with Crippen LogP contribution in [-0.2, 0) is 15.0 Å². The number of carbonyl (C=O) groups excluding carboxylic acids is 1. The van der Waals surface area contributed by atoms with Crippen LogP contribution in [-0.4, -0.2) is 29.1 Å². The highest BCUT2D eigenvalue weighted by Crippen LogP contribution is 2.40. The van der Waals surface area contributed by atoms with Gasteiger partial charge < -0.3 is 20.1 Å². The molecule has 1 atom stereocenters. The molecule has 1 aliphatic heterocycles. The van der Waals surface area contributed by atoms with Gasteiger partial charge >= 0.3 is 5.97 Å². The first kappa shape index (κ1) is 15.9. The number of ether oxygens (including phenoxy) is 1. The third-order valence-electron chi connectivity index (χ3n) is 4.38. The van der Waals surface area contributed by atoms with Gasteiger partial charge in [0.2, 0.25) is 0 Å². The third kappa shape index (κ3) is 2.36. The molecule has 124 valence electrons. The second-order valence-corrected chi connectivity index (χ2v) is 5.99. The van der Waals surface area contributed by atoms with Crippen LogP contribution in [0, 0.1) is 6.92 Å². The Morgan fingerprint density at radius 3 is 2.71 bits per heavy atom. The van der Waals surface area contributed by atoms with Crippen molar-refractivity contribution in [2.75, 3.05) is 12.4 Å². The van der Waals surface area contributed by atoms with E-state index in [2.05, 4.69) is 10.3 Å². The van der Waals surface area contributed by atoms with Gasteiger partial charge in [-0.05, 0) is 43.2 Å². The van der Waals surface area contributed by atoms with Gasteiger partial charge in [-0.25, -0.2) is 0 Å². The molecule has 3 N–H and O–H groups in total. The standard InChI is InChI=1S/C18H18N2O4/c1-10-6-12(24-3)7-14-15(10)13(16(21)20-14)8-18(2,17(22)23)11-4-5-19-9-11/h4-9,19H,1-3H3,(H,20,21)(H,22,23). The molecule has 6 heteroatoms. The van der Waals surface area contributed by atoms with Crippen molar-refractivity contribution in [2.24, 2.45) is 0 Å². The van der Waals surface area contributed by atoms with E-state index in [9.17, 15) is 14.7 Å². The van der Waals surface area contributed by atoms with Gasteiger partial charge in [-0.3, -0.25) is 9.59 Å². The van der Waals surface area contributed by atoms with Crippen LogP contribution >= 0.6 is 0 Å². The summed E-state index contributed by atoms with van der Waals surface area (Å²) in [4.78, 5) is 27.2. The molecular weight excluding hydrogens is 308 g/mol. The summed E-state index contributed by atoms with van der Waals surface area (Å²) in [6, 6.07) is 5.25. The number of anilines is 1. The number of benzene rings is 1. The highest BCUT2D eigenvalue weighted by atomic mass is 16.5. The maximum atomic E-state index is 12.4. The second kappa shape index (κ2) is 5.56. The van der Waals surface area contributed by atoms with Crippen LogP contribution in [0.2, 0.25) is 0 Å². The quantitative estimate of drug-likeness (QED) is 0.753. The normalized spacial score (nSPS) is 17.3. The number of aromatic amines is 1. The van der Waals surface area contributed by atoms with Crippen LogP contribution in [0.1, 0.15) is 23.6 Å². The van der Waals surface area contributed by atoms with E-state index >= 15 is 0 Å². The second-order valence-electron chi connectivity index (χ2n) is 5.99. The molecular formula is C18H18N2O4. The van der Waals surface area contributed by atoms with E-state index in [4.69, 9.17) is 4.74 Å². The summed E-state index contributed by atoms with van der Waals surface area (Å²) in [5.41, 5.74) is 1.80. The maximum Gasteiger partial charge on any atom is 0.317 e. The number of hydrogen-bond donors (Lipinski definition) is 3. The van der Waals surface area contributed by atoms with Crippen molar-refractivity contribution >= 4 is 23.1 Å². The molecule has 1 aromatic heterocycles. The third-order valence-corrected chi connectivity index (χ3v) is 4.38. The van der Waals surface area contributed by atoms with Gasteiger partial charge in [0.05, 0.1) is 12.8 Å². The van der Waals surface area contributed by atoms with E-state index in [1.807, 2.05) is 13.0 Å². The molecule has 0 bridgehead atoms. The SMILES string of the molecule is COc1cc(C)c2c(c1)NC(=O)C2=CC(C)(C(=O)O)c1cc[nH]c1. The first-order valence-electron chi connectivity index (χ1n) is 7.46. The van der Waals surface area contributed by atoms with Gasteiger partial charge in [0, 0.05) is 29.6 Å². The summed E-state index contributed by atoms with van der Waals surface area (Å²) < 4.78 is 5.22. The zero-order chi connectivity index (χ0) is 17.5. The molecule has 0 aliphatic carbocycles. The molecule has 3 rings (SSSR count). The monoisotopic (exact) mass is 326 g/mol. The molecule has 6 nitrogen and oxygen atoms in total. The zero-order valence-electron chi connectivity index (χ0n) is 13.6. The average Bonchev–Trinajstić information content (AvgIpc) is 3.16. The summed E-state index contributed by atoms with van der Waals surface area (Å²) in [5.74, 6) is -0.703. The molecule has 0 saturated heterocycles. The summed E-state index contributed by atoms with van der Waals surface area (Å²) >= 11 is 0. The number of carboxylic acid groups (broad SMARTS) is 1. The van der Waals surface area contributed by atoms with E-state index in [0.717, 1.165) is 5.56 Å². The minimum Gasteiger partial charge on any atom is -0.497 e. The lowest BCUT2D eigenvalue weighted by molar-refractivity contribution is -0.141. The number of nitrogens with one attached hydrogen (secondary N) is 2. The largest absolute Gasteiger partial charge is 0.497 e. The number of methoxy groups -OCH3 is 1. The predicted octanol–water partition coefficient (Wildman–Crippen LogP) is 2.71. The van der Waals surface area contributed by atoms with Gasteiger partial charge in [-0.2, -0.15) is 0 Å². The Hall–Kier alpha value is -3.02. The van der Waals surface area contributed by atoms with Crippen molar-refractivity contribution in [3.63, 3.8) is 0 Å². The van der Waals surface area contributed by atoms with Gasteiger partial charge in [0.1, 0.15) is 11.2 Å². The number of rotatable bonds is 4. The van der Waals surface area contributed by atoms with Crippen LogP contribution < -0.4 is 10.1 Å². The van der Waals surface area contributed by atoms with Crippen molar-refractivity contribution in [3.8, 4) is 5.75 Å². The number of carboxylic acids is 1. The molecule has 0 saturated carbocycles. The lowest BCUT2D eigenvalue weighted by atomic mass is 9.81. The zero-order valence-corrected chi connectivity index (χ0v) is 13.6. The molecule has 1 aliphatic rings. The Balaban J connectivity index is 2.18. The van der Waals surface area contributed by atoms with Crippen molar-refractivity contribution in [3.05, 3.63) is 53.4 Å². The Kier molecular flexibility index (Phi) is 3.67. The molecule has 0 fully saturated rings. The molecule has 2 aromatic rings. The summed E-state index contributed by atoms with van der Waals surface area (Å²) in [6.07, 6.45) is 4.80. The molecule has 0 radical (unpaired) electrons. The van der Waals surface area contributed by atoms with Gasteiger partial charge in [-0.15, -0.1) is 0 Å². The fourth-order valence-electron chi connectivity index (χ4n) is 2.97. The molecule has 2 heterocycles. The highest BCUT2D eigenvalue weighted by molar-refractivity contribution is 6.32. The Labute approximate surface area is 139 Å². The van der Waals surface area contributed by atoms with E-state index in [1.54, 1.807) is 38.6 Å². The average molecular weight is 326 g/mol. The molecule has 24 heavy (non-hydrogen) atoms. The molecule has 1 amide bonds. The number of aryl methyl sites for hydroxylation is 1. The first-order valence-corrected chi connectivity index (χ1v) is 7.46. The number of carbonyl (C=O) groups is 2. The first-order chi connectivity index (χ1) is 11.4. The number of aromatic nitrogens is 1. The lowest BCUT2D eigenvalue weighted by Crippen LogP contribution is -2.30. The molecule has 0 spiro atoms.